The number of aromatic nitrogens is 4. The zero-order chi connectivity index (χ0) is 99.2. The van der Waals surface area contributed by atoms with Crippen molar-refractivity contribution in [3.63, 3.8) is 0 Å². The highest BCUT2D eigenvalue weighted by molar-refractivity contribution is 7.88. The van der Waals surface area contributed by atoms with Gasteiger partial charge in [-0.15, -0.1) is 0 Å². The van der Waals surface area contributed by atoms with Crippen molar-refractivity contribution in [3.05, 3.63) is 513 Å². The van der Waals surface area contributed by atoms with Crippen LogP contribution in [-0.4, -0.2) is 18.7 Å². The van der Waals surface area contributed by atoms with Gasteiger partial charge in [0.15, 0.2) is 21.4 Å². The predicted molar refractivity (Wildman–Crippen MR) is 622 cm³/mol. The van der Waals surface area contributed by atoms with Crippen molar-refractivity contribution < 1.29 is 13.7 Å². The van der Waals surface area contributed by atoms with Gasteiger partial charge in [-0.25, -0.2) is 0 Å². The molecule has 25 aromatic rings. The van der Waals surface area contributed by atoms with E-state index >= 15 is 13.7 Å². The van der Waals surface area contributed by atoms with Gasteiger partial charge in [-0.3, -0.25) is 4.98 Å². The Morgan fingerprint density at radius 1 is 0.196 bits per heavy atom. The largest absolute Gasteiger partial charge is 0.309 e. The lowest BCUT2D eigenvalue weighted by Gasteiger charge is -2.23. The van der Waals surface area contributed by atoms with E-state index in [0.717, 1.165) is 164 Å². The van der Waals surface area contributed by atoms with Crippen molar-refractivity contribution >= 4 is 145 Å². The van der Waals surface area contributed by atoms with Crippen LogP contribution in [0.2, 0.25) is 0 Å². The van der Waals surface area contributed by atoms with Gasteiger partial charge >= 0.3 is 0 Å². The summed E-state index contributed by atoms with van der Waals surface area (Å²) in [6.45, 7) is 14.0. The molecule has 10 heteroatoms. The van der Waals surface area contributed by atoms with Gasteiger partial charge in [-0.1, -0.05) is 406 Å². The van der Waals surface area contributed by atoms with Crippen LogP contribution in [0.3, 0.4) is 0 Å². The maximum Gasteiger partial charge on any atom is 0.172 e. The van der Waals surface area contributed by atoms with Gasteiger partial charge in [-0.2, -0.15) is 0 Å². The first-order valence-corrected chi connectivity index (χ1v) is 56.3. The quantitative estimate of drug-likeness (QED) is 0.135. The van der Waals surface area contributed by atoms with Gasteiger partial charge in [-0.05, 0) is 247 Å². The first kappa shape index (κ1) is 87.7. The Kier molecular flexibility index (Phi) is 19.3. The van der Waals surface area contributed by atoms with E-state index in [1.165, 1.54) is 111 Å². The number of fused-ring (bicyclic) bond motifs is 31. The van der Waals surface area contributed by atoms with Crippen molar-refractivity contribution in [2.24, 2.45) is 0 Å². The molecule has 0 amide bonds. The van der Waals surface area contributed by atoms with E-state index in [1.807, 2.05) is 122 Å². The smallest absolute Gasteiger partial charge is 0.172 e. The highest BCUT2D eigenvalue weighted by Gasteiger charge is 2.48. The number of rotatable bonds is 9. The highest BCUT2D eigenvalue weighted by atomic mass is 31.2. The summed E-state index contributed by atoms with van der Waals surface area (Å²) in [5, 5.41) is 17.4. The Balaban J connectivity index is 0.000000105. The van der Waals surface area contributed by atoms with Crippen molar-refractivity contribution in [1.29, 1.82) is 0 Å². The molecule has 0 bridgehead atoms. The first-order chi connectivity index (χ1) is 72.4. The predicted octanol–water partition coefficient (Wildman–Crippen LogP) is 31.7. The van der Waals surface area contributed by atoms with Gasteiger partial charge in [0.2, 0.25) is 0 Å². The highest BCUT2D eigenvalue weighted by Crippen LogP contribution is 2.62. The Labute approximate surface area is 859 Å². The Hall–Kier alpha value is -16.9. The molecular weight excluding hydrogens is 1850 g/mol. The summed E-state index contributed by atoms with van der Waals surface area (Å²) in [6.07, 6.45) is 3.71. The lowest BCUT2D eigenvalue weighted by atomic mass is 9.81. The number of para-hydroxylation sites is 3. The summed E-state index contributed by atoms with van der Waals surface area (Å²) < 4.78 is 54.5. The lowest BCUT2D eigenvalue weighted by Crippen LogP contribution is -2.21. The number of benzene rings is 21. The lowest BCUT2D eigenvalue weighted by molar-refractivity contribution is 0.592. The van der Waals surface area contributed by atoms with Crippen LogP contribution in [0.4, 0.5) is 0 Å². The van der Waals surface area contributed by atoms with Crippen molar-refractivity contribution in [1.82, 2.24) is 18.7 Å². The molecule has 0 spiro atoms. The maximum absolute atomic E-state index is 15.8. The summed E-state index contributed by atoms with van der Waals surface area (Å²) in [7, 11) is -9.47. The van der Waals surface area contributed by atoms with E-state index in [-0.39, 0.29) is 16.2 Å². The van der Waals surface area contributed by atoms with Crippen LogP contribution in [0, 0.1) is 0 Å². The van der Waals surface area contributed by atoms with Gasteiger partial charge < -0.3 is 27.4 Å². The average molecular weight is 1950 g/mol. The van der Waals surface area contributed by atoms with E-state index in [4.69, 9.17) is 0 Å². The number of pyridine rings is 1. The zero-order valence-electron chi connectivity index (χ0n) is 82.5. The minimum absolute atomic E-state index is 0.103. The van der Waals surface area contributed by atoms with Gasteiger partial charge in [0.05, 0.1) is 33.1 Å². The molecule has 0 fully saturated rings. The summed E-state index contributed by atoms with van der Waals surface area (Å²) in [4.78, 5) is 4.22. The SMILES string of the molecule is CC1(C)c2cc(-c3ccncc3)ccc2-c2ccc(-n3c4ccccc4c4c5c(ccc43)-c3ccccc3P5(=O)c3ccccc3)cc21.CC1(C)c2ccc(-c3cccc4ccccc34)cc2-c2cc(-n3c4ccccc4c4c5c(ccc43)-c3ccccc3P5(=O)c3ccccc3)ccc21.CC1(C)c2ccc(-c3ccccc3)cc2-c2cc(-n3c4ccccc4c4c5c(ccc43)-c3ccccc3P5(=O)c3ccccc3)ccc21. The van der Waals surface area contributed by atoms with E-state index in [1.54, 1.807) is 0 Å². The van der Waals surface area contributed by atoms with Gasteiger partial charge in [0.1, 0.15) is 0 Å². The van der Waals surface area contributed by atoms with E-state index in [9.17, 15) is 0 Å². The molecule has 702 valence electrons. The second-order valence-electron chi connectivity index (χ2n) is 42.0. The number of hydrogen-bond donors (Lipinski definition) is 0. The van der Waals surface area contributed by atoms with Gasteiger partial charge in [0.25, 0.3) is 0 Å². The molecule has 21 aromatic carbocycles. The minimum atomic E-state index is -3.17. The van der Waals surface area contributed by atoms with Crippen LogP contribution in [0.25, 0.3) is 193 Å². The number of nitrogens with zero attached hydrogens (tertiary/aromatic N) is 4. The molecule has 3 unspecified atom stereocenters. The number of hydrogen-bond acceptors (Lipinski definition) is 4. The fraction of sp³-hybridized carbons (Fsp3) is 0.0652. The first-order valence-electron chi connectivity index (χ1n) is 51.2. The monoisotopic (exact) mass is 1950 g/mol. The molecule has 4 aromatic heterocycles. The molecule has 3 atom stereocenters. The molecule has 6 aliphatic rings. The van der Waals surface area contributed by atoms with E-state index in [0.29, 0.717) is 0 Å². The van der Waals surface area contributed by atoms with Crippen LogP contribution in [0.5, 0.6) is 0 Å². The molecule has 0 N–H and O–H groups in total. The van der Waals surface area contributed by atoms with Crippen molar-refractivity contribution in [2.45, 2.75) is 57.8 Å². The van der Waals surface area contributed by atoms with E-state index in [2.05, 4.69) is 418 Å². The fourth-order valence-electron chi connectivity index (χ4n) is 26.4. The summed E-state index contributed by atoms with van der Waals surface area (Å²) in [6, 6.07) is 166. The second-order valence-corrected chi connectivity index (χ2v) is 50.0. The molecular formula is C138H97N4O3P3. The Morgan fingerprint density at radius 3 is 0.953 bits per heavy atom. The standard InChI is InChI=1S/C49H34NOP.C45H32NOP.C44H31N2OP/c1-49(2)42-26-23-32(36-20-12-14-31-13-6-7-17-35(31)36)29-40(42)41-30-33(24-27-43(41)49)50-44-21-10-8-19-39(44)47-45(50)28-25-38-37-18-9-11-22-46(37)52(51,48(38)47)34-15-4-3-5-16-34;1-45(2)38-24-21-30(29-13-5-3-6-14-29)27-36(38)37-28-31(22-25-39(37)45)46-40-19-11-9-18-35(40)43-41(46)26-23-34-33-17-10-12-20-42(33)48(47,44(34)43)32-15-7-4-8-16-32;1-44(2)37-26-29(28-22-24-45-25-23-28)16-18-32(37)33-19-17-30(27-38(33)44)46-39-14-8-6-13-36(39)42-40(46)21-20-35-34-12-7-9-15-41(34)48(47,43(35)42)31-10-4-3-5-11-31/h3-30H,1-2H3;3-28H,1-2H3;3-27H,1-2H3. The normalized spacial score (nSPS) is 16.8. The summed E-state index contributed by atoms with van der Waals surface area (Å²) in [5.41, 5.74) is 39.0. The molecule has 148 heavy (non-hydrogen) atoms. The Bertz CT molecular complexity index is 10200. The van der Waals surface area contributed by atoms with Crippen LogP contribution in [0.15, 0.2) is 480 Å². The molecule has 0 radical (unpaired) electrons. The minimum Gasteiger partial charge on any atom is -0.309 e. The van der Waals surface area contributed by atoms with E-state index < -0.39 is 21.4 Å². The summed E-state index contributed by atoms with van der Waals surface area (Å²) in [5.74, 6) is 0. The third-order valence-electron chi connectivity index (χ3n) is 33.3. The third kappa shape index (κ3) is 12.4. The fourth-order valence-corrected chi connectivity index (χ4v) is 36.3. The van der Waals surface area contributed by atoms with Gasteiger partial charge in [0, 0.05) is 126 Å². The summed E-state index contributed by atoms with van der Waals surface area (Å²) >= 11 is 0. The average Bonchev–Trinajstić information content (AvgIpc) is 1.53. The van der Waals surface area contributed by atoms with Crippen LogP contribution >= 0.6 is 21.4 Å². The molecule has 31 rings (SSSR count). The van der Waals surface area contributed by atoms with Crippen molar-refractivity contribution in [2.75, 3.05) is 0 Å². The third-order valence-corrected chi connectivity index (χ3v) is 42.9. The molecule has 0 saturated heterocycles. The Morgan fingerprint density at radius 2 is 0.500 bits per heavy atom. The molecule has 0 saturated carbocycles. The van der Waals surface area contributed by atoms with Crippen LogP contribution in [-0.2, 0) is 29.9 Å². The second kappa shape index (κ2) is 32.6. The molecule has 3 aliphatic heterocycles. The van der Waals surface area contributed by atoms with Crippen LogP contribution < -0.4 is 47.7 Å². The molecule has 7 nitrogen and oxygen atoms in total. The molecule has 3 aliphatic carbocycles. The van der Waals surface area contributed by atoms with Crippen molar-refractivity contribution in [3.8, 4) is 117 Å². The molecule has 7 heterocycles. The topological polar surface area (TPSA) is 78.9 Å². The maximum atomic E-state index is 15.8. The van der Waals surface area contributed by atoms with Crippen LogP contribution in [0.1, 0.15) is 74.9 Å². The zero-order valence-corrected chi connectivity index (χ0v) is 85.1.